The number of phenolic OH excluding ortho intramolecular Hbond substituents is 1. The van der Waals surface area contributed by atoms with Gasteiger partial charge in [0.25, 0.3) is 0 Å². The molecule has 1 rings (SSSR count). The first-order valence-corrected chi connectivity index (χ1v) is 3.07. The highest BCUT2D eigenvalue weighted by Gasteiger charge is 1.91. The van der Waals surface area contributed by atoms with Gasteiger partial charge < -0.3 is 5.11 Å². The Morgan fingerprint density at radius 3 is 2.92 bits per heavy atom. The molecule has 0 amide bonds. The van der Waals surface area contributed by atoms with Crippen LogP contribution in [0.15, 0.2) is 39.8 Å². The van der Waals surface area contributed by atoms with Gasteiger partial charge >= 0.3 is 0 Å². The zero-order valence-corrected chi connectivity index (χ0v) is 5.99. The van der Waals surface area contributed by atoms with Gasteiger partial charge in [0.15, 0.2) is 0 Å². The topological polar surface area (TPSA) is 93.7 Å². The van der Waals surface area contributed by atoms with E-state index in [-0.39, 0.29) is 5.75 Å². The van der Waals surface area contributed by atoms with E-state index >= 15 is 0 Å². The van der Waals surface area contributed by atoms with Crippen LogP contribution in [0, 0.1) is 0 Å². The van der Waals surface area contributed by atoms with E-state index in [1.807, 2.05) is 0 Å². The molecule has 0 fully saturated rings. The molecule has 0 saturated carbocycles. The summed E-state index contributed by atoms with van der Waals surface area (Å²) in [6.07, 6.45) is 0. The van der Waals surface area contributed by atoms with E-state index in [0.29, 0.717) is 5.69 Å². The molecular formula is C6H5N5O. The van der Waals surface area contributed by atoms with Crippen molar-refractivity contribution < 1.29 is 5.11 Å². The van der Waals surface area contributed by atoms with Crippen molar-refractivity contribution in [1.82, 2.24) is 0 Å². The molecule has 0 aliphatic rings. The summed E-state index contributed by atoms with van der Waals surface area (Å²) in [5.41, 5.74) is 8.29. The van der Waals surface area contributed by atoms with Gasteiger partial charge in [-0.25, -0.2) is 0 Å². The third kappa shape index (κ3) is 2.28. The molecule has 60 valence electrons. The van der Waals surface area contributed by atoms with Crippen molar-refractivity contribution in [2.75, 3.05) is 0 Å². The smallest absolute Gasteiger partial charge is 0.117 e. The van der Waals surface area contributed by atoms with Gasteiger partial charge in [0.1, 0.15) is 16.7 Å². The summed E-state index contributed by atoms with van der Waals surface area (Å²) in [5.74, 6) is 0.0902. The highest BCUT2D eigenvalue weighted by molar-refractivity contribution is 5.41. The molecule has 0 aliphatic carbocycles. The van der Waals surface area contributed by atoms with Crippen molar-refractivity contribution >= 4 is 5.69 Å². The lowest BCUT2D eigenvalue weighted by molar-refractivity contribution is 0.475. The lowest BCUT2D eigenvalue weighted by atomic mass is 10.3. The Bertz CT molecular complexity index is 342. The summed E-state index contributed by atoms with van der Waals surface area (Å²) in [5, 5.41) is 18.4. The minimum atomic E-state index is 0.0902. The monoisotopic (exact) mass is 163 g/mol. The van der Waals surface area contributed by atoms with Crippen LogP contribution in [0.1, 0.15) is 0 Å². The first-order valence-electron chi connectivity index (χ1n) is 3.07. The summed E-state index contributed by atoms with van der Waals surface area (Å²) < 4.78 is 0. The fraction of sp³-hybridized carbons (Fsp3) is 0. The van der Waals surface area contributed by atoms with Crippen LogP contribution in [-0.4, -0.2) is 5.11 Å². The Kier molecular flexibility index (Phi) is 2.64. The highest BCUT2D eigenvalue weighted by Crippen LogP contribution is 2.18. The van der Waals surface area contributed by atoms with Crippen molar-refractivity contribution in [3.05, 3.63) is 34.7 Å². The normalized spacial score (nSPS) is 9.67. The number of rotatable bonds is 2. The van der Waals surface area contributed by atoms with Crippen LogP contribution in [0.5, 0.6) is 5.75 Å². The van der Waals surface area contributed by atoms with Crippen LogP contribution in [0.2, 0.25) is 0 Å². The summed E-state index contributed by atoms with van der Waals surface area (Å²) in [6, 6.07) is 6.14. The van der Waals surface area contributed by atoms with Crippen LogP contribution in [-0.2, 0) is 0 Å². The predicted octanol–water partition coefficient (Wildman–Crippen LogP) is 2.70. The number of azide groups is 1. The molecule has 0 aromatic heterocycles. The van der Waals surface area contributed by atoms with Gasteiger partial charge in [-0.05, 0) is 17.2 Å². The van der Waals surface area contributed by atoms with Gasteiger partial charge in [-0.1, -0.05) is 6.07 Å². The zero-order valence-electron chi connectivity index (χ0n) is 5.99. The quantitative estimate of drug-likeness (QED) is 0.308. The lowest BCUT2D eigenvalue weighted by Gasteiger charge is -1.88. The van der Waals surface area contributed by atoms with Gasteiger partial charge in [-0.3, -0.25) is 0 Å². The van der Waals surface area contributed by atoms with Crippen LogP contribution < -0.4 is 0 Å². The number of benzene rings is 1. The fourth-order valence-corrected chi connectivity index (χ4v) is 0.645. The van der Waals surface area contributed by atoms with E-state index in [0.717, 1.165) is 0 Å². The first-order chi connectivity index (χ1) is 5.83. The Morgan fingerprint density at radius 1 is 1.42 bits per heavy atom. The summed E-state index contributed by atoms with van der Waals surface area (Å²) in [7, 11) is 0. The molecular weight excluding hydrogens is 158 g/mol. The van der Waals surface area contributed by atoms with Gasteiger partial charge in [0.05, 0.1) is 5.22 Å². The number of hydrogen-bond acceptors (Lipinski definition) is 2. The highest BCUT2D eigenvalue weighted by atomic mass is 16.3. The predicted molar refractivity (Wildman–Crippen MR) is 41.8 cm³/mol. The maximum absolute atomic E-state index is 8.96. The Morgan fingerprint density at radius 2 is 2.25 bits per heavy atom. The van der Waals surface area contributed by atoms with E-state index in [1.54, 1.807) is 12.1 Å². The molecule has 1 aromatic rings. The molecule has 6 nitrogen and oxygen atoms in total. The van der Waals surface area contributed by atoms with Crippen LogP contribution >= 0.6 is 0 Å². The molecule has 0 unspecified atom stereocenters. The van der Waals surface area contributed by atoms with Crippen LogP contribution in [0.25, 0.3) is 10.4 Å². The summed E-state index contributed by atoms with van der Waals surface area (Å²) in [4.78, 5) is 2.38. The van der Waals surface area contributed by atoms with Crippen molar-refractivity contribution in [1.29, 1.82) is 0 Å². The second-order valence-corrected chi connectivity index (χ2v) is 1.89. The van der Waals surface area contributed by atoms with E-state index in [9.17, 15) is 0 Å². The fourth-order valence-electron chi connectivity index (χ4n) is 0.645. The van der Waals surface area contributed by atoms with Gasteiger partial charge in [-0.2, -0.15) is 4.91 Å². The third-order valence-corrected chi connectivity index (χ3v) is 1.07. The minimum absolute atomic E-state index is 0.0902. The van der Waals surface area contributed by atoms with Crippen LogP contribution in [0.3, 0.4) is 0 Å². The summed E-state index contributed by atoms with van der Waals surface area (Å²) in [6.45, 7) is 0. The van der Waals surface area contributed by atoms with Crippen LogP contribution in [0.4, 0.5) is 5.69 Å². The van der Waals surface area contributed by atoms with E-state index in [1.165, 1.54) is 12.1 Å². The molecule has 0 atom stereocenters. The van der Waals surface area contributed by atoms with E-state index in [2.05, 4.69) is 20.5 Å². The molecule has 0 spiro atoms. The Labute approximate surface area is 67.8 Å². The molecule has 1 N–H and O–H groups in total. The van der Waals surface area contributed by atoms with Gasteiger partial charge in [0.2, 0.25) is 0 Å². The molecule has 0 bridgehead atoms. The largest absolute Gasteiger partial charge is 0.508 e. The lowest BCUT2D eigenvalue weighted by Crippen LogP contribution is -1.62. The summed E-state index contributed by atoms with van der Waals surface area (Å²) >= 11 is 0. The van der Waals surface area contributed by atoms with E-state index < -0.39 is 0 Å². The third-order valence-electron chi connectivity index (χ3n) is 1.07. The van der Waals surface area contributed by atoms with Crippen molar-refractivity contribution in [3.8, 4) is 5.75 Å². The molecule has 0 heterocycles. The second kappa shape index (κ2) is 3.95. The minimum Gasteiger partial charge on any atom is -0.508 e. The maximum Gasteiger partial charge on any atom is 0.117 e. The molecule has 0 aliphatic heterocycles. The SMILES string of the molecule is [N-]=[N+]=NN=Nc1cccc(O)c1. The number of aromatic hydroxyl groups is 1. The zero-order chi connectivity index (χ0) is 8.81. The number of hydrogen-bond donors (Lipinski definition) is 1. The number of phenols is 1. The Balaban J connectivity index is 2.82. The molecule has 12 heavy (non-hydrogen) atoms. The molecule has 0 saturated heterocycles. The van der Waals surface area contributed by atoms with Crippen molar-refractivity contribution in [2.45, 2.75) is 0 Å². The Hall–Kier alpha value is -2.07. The maximum atomic E-state index is 8.96. The van der Waals surface area contributed by atoms with Gasteiger partial charge in [0, 0.05) is 6.07 Å². The molecule has 6 heteroatoms. The van der Waals surface area contributed by atoms with Crippen molar-refractivity contribution in [2.24, 2.45) is 15.6 Å². The van der Waals surface area contributed by atoms with Gasteiger partial charge in [-0.15, -0.1) is 5.53 Å². The number of nitrogens with zero attached hydrogens (tertiary/aromatic N) is 5. The molecule has 1 aromatic carbocycles. The molecule has 0 radical (unpaired) electrons. The first kappa shape index (κ1) is 8.03. The second-order valence-electron chi connectivity index (χ2n) is 1.89. The average Bonchev–Trinajstić information content (AvgIpc) is 2.05. The van der Waals surface area contributed by atoms with Crippen molar-refractivity contribution in [3.63, 3.8) is 0 Å². The standard InChI is InChI=1S/C6H5N5O/c7-9-11-10-8-5-2-1-3-6(12)4-5/h1-4,12H. The average molecular weight is 163 g/mol. The van der Waals surface area contributed by atoms with E-state index in [4.69, 9.17) is 10.6 Å².